The standard InChI is InChI=1S/C27H33BF2N4O7/c1-26(2,33-8-7-27(29,30)17-33)12-19(13-31)24(35)34-9-10-39-15-20(34)16-41-25(36)32-23(28(37)38)11-18-14-40-22-6-4-3-5-21(18)22/h3-6,12,14,20,23,37-38H,7-11,15-17H2,1-2H3,(H,32,36)/t20-,23+/m1/s1. The third-order valence-corrected chi connectivity index (χ3v) is 7.39. The van der Waals surface area contributed by atoms with Crippen molar-refractivity contribution in [3.05, 3.63) is 47.7 Å². The number of likely N-dealkylation sites (tertiary alicyclic amines) is 1. The molecule has 11 nitrogen and oxygen atoms in total. The molecule has 4 rings (SSSR count). The molecule has 41 heavy (non-hydrogen) atoms. The van der Waals surface area contributed by atoms with Crippen LogP contribution >= 0.6 is 0 Å². The highest BCUT2D eigenvalue weighted by Crippen LogP contribution is 2.33. The second kappa shape index (κ2) is 12.6. The van der Waals surface area contributed by atoms with E-state index in [0.29, 0.717) is 11.1 Å². The number of halogens is 2. The first-order valence-electron chi connectivity index (χ1n) is 13.3. The summed E-state index contributed by atoms with van der Waals surface area (Å²) in [6, 6.07) is 8.35. The van der Waals surface area contributed by atoms with E-state index in [1.165, 1.54) is 22.1 Å². The molecule has 14 heteroatoms. The number of nitrogens with zero attached hydrogens (tertiary/aromatic N) is 3. The van der Waals surface area contributed by atoms with Gasteiger partial charge in [-0.05, 0) is 38.0 Å². The number of carbonyl (C=O) groups is 2. The maximum Gasteiger partial charge on any atom is 0.475 e. The van der Waals surface area contributed by atoms with Crippen molar-refractivity contribution in [3.63, 3.8) is 0 Å². The molecule has 3 heterocycles. The van der Waals surface area contributed by atoms with Crippen LogP contribution in [0.25, 0.3) is 11.0 Å². The van der Waals surface area contributed by atoms with Crippen LogP contribution in [0.2, 0.25) is 0 Å². The zero-order valence-corrected chi connectivity index (χ0v) is 22.9. The van der Waals surface area contributed by atoms with Crippen LogP contribution in [0.4, 0.5) is 13.6 Å². The highest BCUT2D eigenvalue weighted by molar-refractivity contribution is 6.43. The predicted molar refractivity (Wildman–Crippen MR) is 144 cm³/mol. The number of alkyl halides is 2. The van der Waals surface area contributed by atoms with Gasteiger partial charge in [-0.3, -0.25) is 9.69 Å². The van der Waals surface area contributed by atoms with Gasteiger partial charge in [0.1, 0.15) is 23.8 Å². The van der Waals surface area contributed by atoms with Crippen molar-refractivity contribution in [2.45, 2.75) is 50.1 Å². The Kier molecular flexibility index (Phi) is 9.33. The van der Waals surface area contributed by atoms with Crippen LogP contribution < -0.4 is 5.32 Å². The van der Waals surface area contributed by atoms with Gasteiger partial charge in [-0.2, -0.15) is 5.26 Å². The van der Waals surface area contributed by atoms with E-state index in [0.717, 1.165) is 5.39 Å². The summed E-state index contributed by atoms with van der Waals surface area (Å²) in [6.07, 6.45) is 1.69. The molecule has 1 aromatic heterocycles. The molecule has 1 aromatic carbocycles. The van der Waals surface area contributed by atoms with E-state index in [-0.39, 0.29) is 51.3 Å². The number of morpholine rings is 1. The average molecular weight is 574 g/mol. The summed E-state index contributed by atoms with van der Waals surface area (Å²) in [5, 5.41) is 32.7. The van der Waals surface area contributed by atoms with E-state index in [1.54, 1.807) is 26.0 Å². The second-order valence-electron chi connectivity index (χ2n) is 10.8. The Labute approximate surface area is 236 Å². The Balaban J connectivity index is 1.38. The minimum Gasteiger partial charge on any atom is -0.464 e. The van der Waals surface area contributed by atoms with Crippen LogP contribution in [-0.4, -0.2) is 102 Å². The summed E-state index contributed by atoms with van der Waals surface area (Å²) in [6.45, 7) is 3.07. The number of hydrogen-bond donors (Lipinski definition) is 3. The average Bonchev–Trinajstić information content (AvgIpc) is 3.53. The molecule has 0 radical (unpaired) electrons. The van der Waals surface area contributed by atoms with Crippen molar-refractivity contribution in [2.24, 2.45) is 0 Å². The van der Waals surface area contributed by atoms with Crippen molar-refractivity contribution in [1.29, 1.82) is 5.26 Å². The molecule has 2 aliphatic heterocycles. The van der Waals surface area contributed by atoms with Gasteiger partial charge in [0.25, 0.3) is 11.8 Å². The largest absolute Gasteiger partial charge is 0.475 e. The molecule has 0 aliphatic carbocycles. The number of fused-ring (bicyclic) bond motifs is 1. The maximum atomic E-state index is 13.8. The molecule has 0 spiro atoms. The third-order valence-electron chi connectivity index (χ3n) is 7.39. The maximum absolute atomic E-state index is 13.8. The summed E-state index contributed by atoms with van der Waals surface area (Å²) >= 11 is 0. The first-order chi connectivity index (χ1) is 19.4. The summed E-state index contributed by atoms with van der Waals surface area (Å²) in [5.41, 5.74) is 0.0929. The van der Waals surface area contributed by atoms with Gasteiger partial charge in [0.15, 0.2) is 0 Å². The normalized spacial score (nSPS) is 20.5. The number of amides is 2. The number of rotatable bonds is 9. The molecule has 2 saturated heterocycles. The number of hydrogen-bond acceptors (Lipinski definition) is 9. The molecule has 220 valence electrons. The van der Waals surface area contributed by atoms with Gasteiger partial charge in [0.05, 0.1) is 38.0 Å². The summed E-state index contributed by atoms with van der Waals surface area (Å²) in [5.74, 6) is -4.57. The van der Waals surface area contributed by atoms with Gasteiger partial charge >= 0.3 is 13.2 Å². The van der Waals surface area contributed by atoms with Gasteiger partial charge in [-0.1, -0.05) is 18.2 Å². The van der Waals surface area contributed by atoms with Gasteiger partial charge < -0.3 is 34.2 Å². The van der Waals surface area contributed by atoms with E-state index in [9.17, 15) is 33.7 Å². The fraction of sp³-hybridized carbons (Fsp3) is 0.519. The number of nitriles is 1. The molecule has 2 fully saturated rings. The minimum atomic E-state index is -2.83. The van der Waals surface area contributed by atoms with Crippen LogP contribution in [-0.2, 0) is 20.7 Å². The number of alkyl carbamates (subject to hydrolysis) is 1. The Hall–Kier alpha value is -3.51. The molecule has 2 aromatic rings. The molecular formula is C27H33BF2N4O7. The monoisotopic (exact) mass is 574 g/mol. The Morgan fingerprint density at radius 3 is 2.78 bits per heavy atom. The van der Waals surface area contributed by atoms with Gasteiger partial charge in [-0.25, -0.2) is 13.6 Å². The van der Waals surface area contributed by atoms with E-state index in [1.807, 2.05) is 18.2 Å². The third kappa shape index (κ3) is 7.42. The molecule has 2 aliphatic rings. The van der Waals surface area contributed by atoms with E-state index in [2.05, 4.69) is 5.32 Å². The lowest BCUT2D eigenvalue weighted by molar-refractivity contribution is -0.137. The SMILES string of the molecule is CC(C)(C=C(C#N)C(=O)N1CCOC[C@@H]1COC(=O)N[C@@H](Cc1coc2ccccc12)B(O)O)N1CCC(F)(F)C1. The fourth-order valence-electron chi connectivity index (χ4n) is 5.05. The number of nitrogens with one attached hydrogen (secondary N) is 1. The van der Waals surface area contributed by atoms with Gasteiger partial charge in [0.2, 0.25) is 0 Å². The van der Waals surface area contributed by atoms with Crippen molar-refractivity contribution < 1.29 is 42.3 Å². The van der Waals surface area contributed by atoms with Crippen LogP contribution in [0, 0.1) is 11.3 Å². The number of benzene rings is 1. The molecule has 0 unspecified atom stereocenters. The molecule has 2 amide bonds. The molecule has 3 N–H and O–H groups in total. The highest BCUT2D eigenvalue weighted by atomic mass is 19.3. The minimum absolute atomic E-state index is 0.0343. The Bertz CT molecular complexity index is 1330. The summed E-state index contributed by atoms with van der Waals surface area (Å²) < 4.78 is 43.8. The smallest absolute Gasteiger partial charge is 0.464 e. The van der Waals surface area contributed by atoms with Crippen molar-refractivity contribution >= 4 is 30.1 Å². The van der Waals surface area contributed by atoms with E-state index < -0.39 is 49.1 Å². The van der Waals surface area contributed by atoms with Crippen molar-refractivity contribution in [3.8, 4) is 6.07 Å². The molecule has 2 atom stereocenters. The second-order valence-corrected chi connectivity index (χ2v) is 10.8. The first-order valence-corrected chi connectivity index (χ1v) is 13.3. The van der Waals surface area contributed by atoms with E-state index >= 15 is 0 Å². The van der Waals surface area contributed by atoms with Gasteiger partial charge in [-0.15, -0.1) is 0 Å². The lowest BCUT2D eigenvalue weighted by Gasteiger charge is -2.36. The Morgan fingerprint density at radius 2 is 2.10 bits per heavy atom. The fourth-order valence-corrected chi connectivity index (χ4v) is 5.05. The lowest BCUT2D eigenvalue weighted by atomic mass is 9.76. The number of carbonyl (C=O) groups excluding carboxylic acids is 2. The topological polar surface area (TPSA) is 148 Å². The lowest BCUT2D eigenvalue weighted by Crippen LogP contribution is -2.53. The Morgan fingerprint density at radius 1 is 1.34 bits per heavy atom. The zero-order valence-electron chi connectivity index (χ0n) is 22.9. The summed E-state index contributed by atoms with van der Waals surface area (Å²) in [7, 11) is -1.89. The van der Waals surface area contributed by atoms with Crippen LogP contribution in [0.1, 0.15) is 25.8 Å². The summed E-state index contributed by atoms with van der Waals surface area (Å²) in [4.78, 5) is 28.8. The van der Waals surface area contributed by atoms with Crippen LogP contribution in [0.5, 0.6) is 0 Å². The molecule has 0 saturated carbocycles. The number of furan rings is 1. The van der Waals surface area contributed by atoms with Crippen LogP contribution in [0.3, 0.4) is 0 Å². The van der Waals surface area contributed by atoms with Gasteiger partial charge in [0, 0.05) is 30.4 Å². The predicted octanol–water partition coefficient (Wildman–Crippen LogP) is 1.88. The highest BCUT2D eigenvalue weighted by Gasteiger charge is 2.43. The van der Waals surface area contributed by atoms with Crippen molar-refractivity contribution in [1.82, 2.24) is 15.1 Å². The number of ether oxygens (including phenoxy) is 2. The molecular weight excluding hydrogens is 541 g/mol. The zero-order chi connectivity index (χ0) is 29.8. The van der Waals surface area contributed by atoms with Crippen LogP contribution in [0.15, 0.2) is 46.6 Å². The van der Waals surface area contributed by atoms with Crippen molar-refractivity contribution in [2.75, 3.05) is 39.5 Å². The first kappa shape index (κ1) is 30.5. The van der Waals surface area contributed by atoms with E-state index in [4.69, 9.17) is 13.9 Å². The quantitative estimate of drug-likeness (QED) is 0.232. The molecule has 0 bridgehead atoms. The number of para-hydroxylation sites is 1.